The molecule has 0 fully saturated rings. The molecule has 0 amide bonds. The molecule has 2 rings (SSSR count). The van der Waals surface area contributed by atoms with Gasteiger partial charge in [0.1, 0.15) is 11.5 Å². The summed E-state index contributed by atoms with van der Waals surface area (Å²) in [4.78, 5) is 8.46. The Balaban J connectivity index is 0.00000392. The van der Waals surface area contributed by atoms with E-state index in [2.05, 4.69) is 20.6 Å². The molecular weight excluding hydrogens is 471 g/mol. The van der Waals surface area contributed by atoms with Crippen molar-refractivity contribution in [2.75, 3.05) is 33.4 Å². The molecule has 0 saturated carbocycles. The highest BCUT2D eigenvalue weighted by Crippen LogP contribution is 2.23. The zero-order valence-corrected chi connectivity index (χ0v) is 18.9. The van der Waals surface area contributed by atoms with Gasteiger partial charge in [0.15, 0.2) is 5.96 Å². The molecule has 7 nitrogen and oxygen atoms in total. The van der Waals surface area contributed by atoms with Crippen molar-refractivity contribution in [2.24, 2.45) is 4.99 Å². The van der Waals surface area contributed by atoms with Crippen LogP contribution in [0.3, 0.4) is 0 Å². The van der Waals surface area contributed by atoms with E-state index in [4.69, 9.17) is 14.2 Å². The highest BCUT2D eigenvalue weighted by Gasteiger charge is 2.03. The number of guanidine groups is 1. The van der Waals surface area contributed by atoms with Gasteiger partial charge in [-0.3, -0.25) is 4.99 Å². The molecule has 0 atom stereocenters. The topological polar surface area (TPSA) is 77.0 Å². The van der Waals surface area contributed by atoms with E-state index in [0.29, 0.717) is 44.5 Å². The van der Waals surface area contributed by atoms with Crippen molar-refractivity contribution in [1.82, 2.24) is 15.6 Å². The summed E-state index contributed by atoms with van der Waals surface area (Å²) in [6.45, 7) is 7.24. The lowest BCUT2D eigenvalue weighted by Crippen LogP contribution is -2.38. The average molecular weight is 500 g/mol. The van der Waals surface area contributed by atoms with E-state index >= 15 is 0 Å². The van der Waals surface area contributed by atoms with E-state index in [9.17, 15) is 0 Å². The number of pyridine rings is 1. The molecule has 0 aliphatic heterocycles. The highest BCUT2D eigenvalue weighted by molar-refractivity contribution is 14.0. The third-order valence-electron chi connectivity index (χ3n) is 3.58. The molecular formula is C20H29IN4O3. The van der Waals surface area contributed by atoms with E-state index in [1.165, 1.54) is 0 Å². The fourth-order valence-electron chi connectivity index (χ4n) is 2.30. The van der Waals surface area contributed by atoms with E-state index < -0.39 is 0 Å². The number of aromatic nitrogens is 1. The third-order valence-corrected chi connectivity index (χ3v) is 3.58. The summed E-state index contributed by atoms with van der Waals surface area (Å²) in [5.74, 6) is 2.79. The largest absolute Gasteiger partial charge is 0.494 e. The fraction of sp³-hybridized carbons (Fsp3) is 0.400. The molecule has 0 unspecified atom stereocenters. The van der Waals surface area contributed by atoms with Crippen LogP contribution in [0.1, 0.15) is 19.4 Å². The van der Waals surface area contributed by atoms with Gasteiger partial charge in [0.25, 0.3) is 0 Å². The number of benzene rings is 1. The molecule has 28 heavy (non-hydrogen) atoms. The maximum Gasteiger partial charge on any atom is 0.219 e. The Morgan fingerprint density at radius 1 is 1.04 bits per heavy atom. The number of ether oxygens (including phenoxy) is 3. The van der Waals surface area contributed by atoms with Crippen LogP contribution in [-0.2, 0) is 11.3 Å². The van der Waals surface area contributed by atoms with Gasteiger partial charge in [-0.2, -0.15) is 0 Å². The molecule has 0 aliphatic rings. The maximum atomic E-state index is 5.82. The van der Waals surface area contributed by atoms with Crippen molar-refractivity contribution in [2.45, 2.75) is 20.4 Å². The highest BCUT2D eigenvalue weighted by atomic mass is 127. The molecule has 154 valence electrons. The van der Waals surface area contributed by atoms with Crippen LogP contribution in [-0.4, -0.2) is 44.4 Å². The summed E-state index contributed by atoms with van der Waals surface area (Å²) in [6.07, 6.45) is 1.73. The van der Waals surface area contributed by atoms with Crippen LogP contribution in [0.2, 0.25) is 0 Å². The Bertz CT molecular complexity index is 711. The SMILES string of the molecule is CCOCCNC(=NC)NCc1ccnc(Oc2ccc(OCC)cc2)c1.I. The first kappa shape index (κ1) is 24.0. The molecule has 2 aromatic rings. The first-order valence-corrected chi connectivity index (χ1v) is 9.13. The summed E-state index contributed by atoms with van der Waals surface area (Å²) in [7, 11) is 1.74. The second-order valence-electron chi connectivity index (χ2n) is 5.56. The molecule has 0 saturated heterocycles. The number of hydrogen-bond donors (Lipinski definition) is 2. The lowest BCUT2D eigenvalue weighted by molar-refractivity contribution is 0.152. The van der Waals surface area contributed by atoms with Gasteiger partial charge in [-0.25, -0.2) is 4.98 Å². The molecule has 0 radical (unpaired) electrons. The lowest BCUT2D eigenvalue weighted by atomic mass is 10.2. The number of aliphatic imine (C=N–C) groups is 1. The number of nitrogens with zero attached hydrogens (tertiary/aromatic N) is 2. The van der Waals surface area contributed by atoms with Gasteiger partial charge >= 0.3 is 0 Å². The summed E-state index contributed by atoms with van der Waals surface area (Å²) in [5.41, 5.74) is 1.04. The van der Waals surface area contributed by atoms with Crippen LogP contribution in [0.4, 0.5) is 0 Å². The van der Waals surface area contributed by atoms with Gasteiger partial charge in [-0.15, -0.1) is 24.0 Å². The van der Waals surface area contributed by atoms with Gasteiger partial charge in [0, 0.05) is 39.0 Å². The monoisotopic (exact) mass is 500 g/mol. The standard InChI is InChI=1S/C20H28N4O3.HI/c1-4-25-13-12-23-20(21-3)24-15-16-10-11-22-19(14-16)27-18-8-6-17(7-9-18)26-5-2;/h6-11,14H,4-5,12-13,15H2,1-3H3,(H2,21,23,24);1H. The normalized spacial score (nSPS) is 10.8. The van der Waals surface area contributed by atoms with E-state index in [-0.39, 0.29) is 24.0 Å². The number of rotatable bonds is 10. The van der Waals surface area contributed by atoms with Crippen molar-refractivity contribution >= 4 is 29.9 Å². The minimum absolute atomic E-state index is 0. The number of hydrogen-bond acceptors (Lipinski definition) is 5. The van der Waals surface area contributed by atoms with Crippen molar-refractivity contribution < 1.29 is 14.2 Å². The van der Waals surface area contributed by atoms with Crippen molar-refractivity contribution in [3.63, 3.8) is 0 Å². The molecule has 0 bridgehead atoms. The first-order valence-electron chi connectivity index (χ1n) is 9.13. The second kappa shape index (κ2) is 14.0. The van der Waals surface area contributed by atoms with Crippen molar-refractivity contribution in [3.8, 4) is 17.4 Å². The van der Waals surface area contributed by atoms with Gasteiger partial charge < -0.3 is 24.8 Å². The van der Waals surface area contributed by atoms with Crippen LogP contribution >= 0.6 is 24.0 Å². The Morgan fingerprint density at radius 2 is 1.79 bits per heavy atom. The Morgan fingerprint density at radius 3 is 2.46 bits per heavy atom. The predicted molar refractivity (Wildman–Crippen MR) is 122 cm³/mol. The molecule has 0 spiro atoms. The Labute approximate surface area is 183 Å². The Kier molecular flexibility index (Phi) is 12.0. The van der Waals surface area contributed by atoms with Crippen molar-refractivity contribution in [1.29, 1.82) is 0 Å². The number of halogens is 1. The average Bonchev–Trinajstić information content (AvgIpc) is 2.69. The summed E-state index contributed by atoms with van der Waals surface area (Å²) in [5, 5.41) is 6.46. The van der Waals surface area contributed by atoms with Crippen LogP contribution < -0.4 is 20.1 Å². The van der Waals surface area contributed by atoms with E-state index in [1.807, 2.05) is 50.2 Å². The zero-order chi connectivity index (χ0) is 19.3. The van der Waals surface area contributed by atoms with Crippen LogP contribution in [0.15, 0.2) is 47.6 Å². The molecule has 1 heterocycles. The van der Waals surface area contributed by atoms with Gasteiger partial charge in [0.2, 0.25) is 5.88 Å². The minimum atomic E-state index is 0. The van der Waals surface area contributed by atoms with Crippen LogP contribution in [0, 0.1) is 0 Å². The zero-order valence-electron chi connectivity index (χ0n) is 16.6. The van der Waals surface area contributed by atoms with Crippen LogP contribution in [0.5, 0.6) is 17.4 Å². The summed E-state index contributed by atoms with van der Waals surface area (Å²) in [6, 6.07) is 11.3. The van der Waals surface area contributed by atoms with Gasteiger partial charge in [-0.05, 0) is 49.7 Å². The van der Waals surface area contributed by atoms with Gasteiger partial charge in [0.05, 0.1) is 13.2 Å². The molecule has 0 aliphatic carbocycles. The number of nitrogens with one attached hydrogen (secondary N) is 2. The molecule has 1 aromatic heterocycles. The van der Waals surface area contributed by atoms with E-state index in [0.717, 1.165) is 17.3 Å². The first-order chi connectivity index (χ1) is 13.2. The maximum absolute atomic E-state index is 5.82. The Hall–Kier alpha value is -2.07. The lowest BCUT2D eigenvalue weighted by Gasteiger charge is -2.12. The fourth-order valence-corrected chi connectivity index (χ4v) is 2.30. The second-order valence-corrected chi connectivity index (χ2v) is 5.56. The molecule has 2 N–H and O–H groups in total. The van der Waals surface area contributed by atoms with Gasteiger partial charge in [-0.1, -0.05) is 0 Å². The summed E-state index contributed by atoms with van der Waals surface area (Å²) < 4.78 is 16.6. The third kappa shape index (κ3) is 8.75. The van der Waals surface area contributed by atoms with Crippen molar-refractivity contribution in [3.05, 3.63) is 48.2 Å². The smallest absolute Gasteiger partial charge is 0.219 e. The molecule has 1 aromatic carbocycles. The molecule has 8 heteroatoms. The van der Waals surface area contributed by atoms with Crippen LogP contribution in [0.25, 0.3) is 0 Å². The quantitative estimate of drug-likeness (QED) is 0.225. The predicted octanol–water partition coefficient (Wildman–Crippen LogP) is 3.59. The van der Waals surface area contributed by atoms with E-state index in [1.54, 1.807) is 13.2 Å². The minimum Gasteiger partial charge on any atom is -0.494 e. The summed E-state index contributed by atoms with van der Waals surface area (Å²) >= 11 is 0.